The number of alkyl halides is 1. The van der Waals surface area contributed by atoms with Gasteiger partial charge in [-0.1, -0.05) is 43.6 Å². The maximum atomic E-state index is 9.60. The number of amides is 1. The van der Waals surface area contributed by atoms with E-state index in [1.165, 1.54) is 32.6 Å². The molecule has 0 saturated carbocycles. The SMILES string of the molecule is CC.CC(C)(C)OC=O.CC(C)CCC1CCCO1.CC(N)=O.O=CCBr. The van der Waals surface area contributed by atoms with Crippen molar-refractivity contribution in [3.63, 3.8) is 0 Å². The molecule has 0 radical (unpaired) electrons. The van der Waals surface area contributed by atoms with E-state index in [0.717, 1.165) is 18.8 Å². The summed E-state index contributed by atoms with van der Waals surface area (Å²) in [5.41, 5.74) is 4.15. The zero-order valence-corrected chi connectivity index (χ0v) is 20.1. The monoisotopic (exact) mass is 455 g/mol. The number of carbonyl (C=O) groups is 3. The fourth-order valence-electron chi connectivity index (χ4n) is 1.54. The summed E-state index contributed by atoms with van der Waals surface area (Å²) in [6, 6.07) is 0. The highest BCUT2D eigenvalue weighted by atomic mass is 79.9. The maximum absolute atomic E-state index is 9.60. The summed E-state index contributed by atoms with van der Waals surface area (Å²) >= 11 is 2.88. The molecule has 1 fully saturated rings. The Morgan fingerprint density at radius 3 is 1.93 bits per heavy atom. The van der Waals surface area contributed by atoms with Gasteiger partial charge in [-0.3, -0.25) is 9.59 Å². The number of hydrogen-bond donors (Lipinski definition) is 1. The second kappa shape index (κ2) is 25.1. The van der Waals surface area contributed by atoms with Gasteiger partial charge in [0.1, 0.15) is 11.9 Å². The van der Waals surface area contributed by atoms with Crippen molar-refractivity contribution >= 4 is 34.6 Å². The Bertz CT molecular complexity index is 321. The second-order valence-corrected chi connectivity index (χ2v) is 7.51. The quantitative estimate of drug-likeness (QED) is 0.480. The van der Waals surface area contributed by atoms with Gasteiger partial charge >= 0.3 is 0 Å². The van der Waals surface area contributed by atoms with Crippen LogP contribution in [0, 0.1) is 5.92 Å². The van der Waals surface area contributed by atoms with Crippen LogP contribution in [0.4, 0.5) is 0 Å². The van der Waals surface area contributed by atoms with Crippen LogP contribution in [0.15, 0.2) is 0 Å². The van der Waals surface area contributed by atoms with E-state index in [1.807, 2.05) is 34.6 Å². The minimum Gasteiger partial charge on any atom is -0.462 e. The molecule has 1 unspecified atom stereocenters. The molecule has 1 rings (SSSR count). The highest BCUT2D eigenvalue weighted by molar-refractivity contribution is 9.09. The average molecular weight is 456 g/mol. The zero-order valence-electron chi connectivity index (χ0n) is 18.5. The van der Waals surface area contributed by atoms with Crippen molar-refractivity contribution in [3.8, 4) is 0 Å². The largest absolute Gasteiger partial charge is 0.462 e. The first-order valence-corrected chi connectivity index (χ1v) is 10.6. The molecule has 1 heterocycles. The van der Waals surface area contributed by atoms with Crippen molar-refractivity contribution in [1.82, 2.24) is 0 Å². The first kappa shape index (κ1) is 33.6. The molecule has 0 aromatic rings. The Kier molecular flexibility index (Phi) is 31.2. The van der Waals surface area contributed by atoms with Crippen molar-refractivity contribution in [2.24, 2.45) is 11.7 Å². The lowest BCUT2D eigenvalue weighted by atomic mass is 10.0. The second-order valence-electron chi connectivity index (χ2n) is 6.86. The van der Waals surface area contributed by atoms with Gasteiger partial charge in [0.25, 0.3) is 6.47 Å². The molecule has 1 atom stereocenters. The van der Waals surface area contributed by atoms with Crippen LogP contribution in [0.2, 0.25) is 0 Å². The number of hydrogen-bond acceptors (Lipinski definition) is 5. The van der Waals surface area contributed by atoms with Gasteiger partial charge in [-0.25, -0.2) is 0 Å². The minimum absolute atomic E-state index is 0.318. The van der Waals surface area contributed by atoms with Crippen LogP contribution in [-0.4, -0.2) is 42.3 Å². The van der Waals surface area contributed by atoms with Crippen molar-refractivity contribution in [1.29, 1.82) is 0 Å². The lowest BCUT2D eigenvalue weighted by Crippen LogP contribution is -2.17. The third-order valence-corrected chi connectivity index (χ3v) is 2.82. The number of rotatable bonds is 5. The van der Waals surface area contributed by atoms with E-state index in [4.69, 9.17) is 9.53 Å². The molecule has 0 aromatic heterocycles. The Morgan fingerprint density at radius 1 is 1.30 bits per heavy atom. The fourth-order valence-corrected chi connectivity index (χ4v) is 1.54. The average Bonchev–Trinajstić information content (AvgIpc) is 3.07. The summed E-state index contributed by atoms with van der Waals surface area (Å²) in [5.74, 6) is 0.504. The Morgan fingerprint density at radius 2 is 1.74 bits per heavy atom. The van der Waals surface area contributed by atoms with Crippen LogP contribution in [-0.2, 0) is 23.9 Å². The summed E-state index contributed by atoms with van der Waals surface area (Å²) in [6.07, 6.45) is 6.57. The first-order chi connectivity index (χ1) is 12.5. The van der Waals surface area contributed by atoms with Crippen molar-refractivity contribution in [3.05, 3.63) is 0 Å². The molecule has 2 N–H and O–H groups in total. The topological polar surface area (TPSA) is 95.7 Å². The fraction of sp³-hybridized carbons (Fsp3) is 0.850. The third-order valence-electron chi connectivity index (χ3n) is 2.55. The molecule has 27 heavy (non-hydrogen) atoms. The van der Waals surface area contributed by atoms with E-state index >= 15 is 0 Å². The van der Waals surface area contributed by atoms with Gasteiger partial charge in [-0.2, -0.15) is 0 Å². The molecular weight excluding hydrogens is 414 g/mol. The van der Waals surface area contributed by atoms with Gasteiger partial charge in [0, 0.05) is 13.5 Å². The van der Waals surface area contributed by atoms with E-state index < -0.39 is 0 Å². The van der Waals surface area contributed by atoms with Gasteiger partial charge in [0.15, 0.2) is 0 Å². The molecule has 1 saturated heterocycles. The van der Waals surface area contributed by atoms with Crippen LogP contribution in [0.3, 0.4) is 0 Å². The summed E-state index contributed by atoms with van der Waals surface area (Å²) in [6.45, 7) is 16.8. The highest BCUT2D eigenvalue weighted by Crippen LogP contribution is 2.18. The number of nitrogens with two attached hydrogens (primary N) is 1. The van der Waals surface area contributed by atoms with E-state index in [-0.39, 0.29) is 11.5 Å². The molecule has 1 aliphatic rings. The summed E-state index contributed by atoms with van der Waals surface area (Å²) in [4.78, 5) is 27.9. The molecule has 0 aliphatic carbocycles. The molecule has 0 spiro atoms. The number of carbonyl (C=O) groups excluding carboxylic acids is 3. The van der Waals surface area contributed by atoms with Gasteiger partial charge in [0.2, 0.25) is 5.91 Å². The van der Waals surface area contributed by atoms with Crippen molar-refractivity contribution in [2.45, 2.75) is 92.8 Å². The Labute approximate surface area is 175 Å². The molecule has 7 heteroatoms. The standard InChI is InChI=1S/C9H18O.C5H10O2.C2H3BrO.C2H5NO.C2H6/c1-8(2)5-6-9-4-3-7-10-9;1-5(2,3)7-4-6;3-1-2-4;1-2(3)4;1-2/h8-9H,3-7H2,1-2H3;4H,1-3H3;2H,1H2;1H3,(H2,3,4);1-2H3. The van der Waals surface area contributed by atoms with Gasteiger partial charge in [0.05, 0.1) is 11.4 Å². The van der Waals surface area contributed by atoms with Crippen LogP contribution in [0.1, 0.15) is 81.1 Å². The molecule has 6 nitrogen and oxygen atoms in total. The van der Waals surface area contributed by atoms with E-state index in [2.05, 4.69) is 40.2 Å². The van der Waals surface area contributed by atoms with Crippen LogP contribution in [0.5, 0.6) is 0 Å². The predicted octanol–water partition coefficient (Wildman–Crippen LogP) is 4.66. The lowest BCUT2D eigenvalue weighted by molar-refractivity contribution is -0.138. The van der Waals surface area contributed by atoms with Gasteiger partial charge in [-0.15, -0.1) is 0 Å². The number of aldehydes is 1. The Hall–Kier alpha value is -0.950. The minimum atomic E-state index is -0.333. The predicted molar refractivity (Wildman–Crippen MR) is 116 cm³/mol. The highest BCUT2D eigenvalue weighted by Gasteiger charge is 2.14. The van der Waals surface area contributed by atoms with E-state index in [1.54, 1.807) is 0 Å². The van der Waals surface area contributed by atoms with Crippen LogP contribution >= 0.6 is 15.9 Å². The number of ether oxygens (including phenoxy) is 2. The van der Waals surface area contributed by atoms with E-state index in [9.17, 15) is 9.59 Å². The smallest absolute Gasteiger partial charge is 0.293 e. The van der Waals surface area contributed by atoms with Crippen molar-refractivity contribution < 1.29 is 23.9 Å². The molecule has 1 amide bonds. The third kappa shape index (κ3) is 51.7. The number of primary amides is 1. The normalized spacial score (nSPS) is 14.5. The lowest BCUT2D eigenvalue weighted by Gasteiger charge is -2.14. The van der Waals surface area contributed by atoms with Gasteiger partial charge < -0.3 is 20.0 Å². The molecule has 0 aromatic carbocycles. The first-order valence-electron chi connectivity index (χ1n) is 9.48. The Balaban J connectivity index is -0.000000137. The summed E-state index contributed by atoms with van der Waals surface area (Å²) in [7, 11) is 0. The van der Waals surface area contributed by atoms with Crippen LogP contribution in [0.25, 0.3) is 0 Å². The summed E-state index contributed by atoms with van der Waals surface area (Å²) < 4.78 is 10.1. The molecule has 0 bridgehead atoms. The van der Waals surface area contributed by atoms with E-state index in [0.29, 0.717) is 17.9 Å². The number of halogens is 1. The molecule has 1 aliphatic heterocycles. The molecular formula is C20H42BrNO5. The maximum Gasteiger partial charge on any atom is 0.293 e. The van der Waals surface area contributed by atoms with Crippen LogP contribution < -0.4 is 5.73 Å². The summed E-state index contributed by atoms with van der Waals surface area (Å²) in [5, 5.41) is 0.451. The zero-order chi connectivity index (χ0) is 22.3. The molecule has 164 valence electrons. The van der Waals surface area contributed by atoms with Gasteiger partial charge in [-0.05, 0) is 52.4 Å². The van der Waals surface area contributed by atoms with Crippen molar-refractivity contribution in [2.75, 3.05) is 11.9 Å².